The molecule has 0 saturated heterocycles. The molecule has 2 rings (SSSR count). The van der Waals surface area contributed by atoms with Crippen LogP contribution < -0.4 is 10.6 Å². The number of hydrogen-bond donors (Lipinski definition) is 2. The molecule has 0 bridgehead atoms. The highest BCUT2D eigenvalue weighted by Crippen LogP contribution is 2.20. The maximum atomic E-state index is 12.1. The highest BCUT2D eigenvalue weighted by molar-refractivity contribution is 7.80. The Bertz CT molecular complexity index is 734. The van der Waals surface area contributed by atoms with E-state index in [9.17, 15) is 4.79 Å². The second-order valence-electron chi connectivity index (χ2n) is 4.86. The van der Waals surface area contributed by atoms with Crippen LogP contribution in [0, 0.1) is 6.92 Å². The van der Waals surface area contributed by atoms with Gasteiger partial charge in [0, 0.05) is 10.7 Å². The van der Waals surface area contributed by atoms with E-state index in [-0.39, 0.29) is 5.97 Å². The molecule has 6 heteroatoms. The summed E-state index contributed by atoms with van der Waals surface area (Å²) in [6, 6.07) is 12.7. The topological polar surface area (TPSA) is 50.4 Å². The van der Waals surface area contributed by atoms with Crippen molar-refractivity contribution in [3.05, 3.63) is 58.6 Å². The van der Waals surface area contributed by atoms with Crippen LogP contribution in [0.15, 0.2) is 42.5 Å². The number of rotatable bonds is 4. The molecule has 0 aliphatic carbocycles. The summed E-state index contributed by atoms with van der Waals surface area (Å²) in [7, 11) is 0. The molecule has 2 aromatic rings. The number of halogens is 1. The second-order valence-corrected chi connectivity index (χ2v) is 5.70. The molecule has 2 aromatic carbocycles. The summed E-state index contributed by atoms with van der Waals surface area (Å²) < 4.78 is 5.08. The molecule has 4 nitrogen and oxygen atoms in total. The van der Waals surface area contributed by atoms with Gasteiger partial charge in [0.15, 0.2) is 5.11 Å². The van der Waals surface area contributed by atoms with E-state index >= 15 is 0 Å². The van der Waals surface area contributed by atoms with Crippen molar-refractivity contribution in [2.45, 2.75) is 13.8 Å². The lowest BCUT2D eigenvalue weighted by Gasteiger charge is -2.14. The Hall–Kier alpha value is -2.11. The zero-order valence-electron chi connectivity index (χ0n) is 12.9. The number of carbonyl (C=O) groups excluding carboxylic acids is 1. The van der Waals surface area contributed by atoms with Crippen molar-refractivity contribution in [1.82, 2.24) is 0 Å². The third-order valence-corrected chi connectivity index (χ3v) is 3.44. The number of nitrogens with one attached hydrogen (secondary N) is 2. The second kappa shape index (κ2) is 7.94. The quantitative estimate of drug-likeness (QED) is 0.623. The van der Waals surface area contributed by atoms with Gasteiger partial charge in [-0.3, -0.25) is 0 Å². The number of thiocarbonyl (C=S) groups is 1. The Kier molecular flexibility index (Phi) is 5.96. The molecule has 2 N–H and O–H groups in total. The zero-order valence-corrected chi connectivity index (χ0v) is 14.4. The van der Waals surface area contributed by atoms with Crippen LogP contribution in [-0.4, -0.2) is 17.7 Å². The summed E-state index contributed by atoms with van der Waals surface area (Å²) in [5.41, 5.74) is 2.77. The van der Waals surface area contributed by atoms with Crippen LogP contribution in [-0.2, 0) is 4.74 Å². The van der Waals surface area contributed by atoms with Gasteiger partial charge in [0.2, 0.25) is 0 Å². The summed E-state index contributed by atoms with van der Waals surface area (Å²) in [4.78, 5) is 12.1. The SMILES string of the molecule is CCOC(=O)c1cc(C)ccc1NC(=S)Nc1cccc(Cl)c1. The standard InChI is InChI=1S/C17H17ClN2O2S/c1-3-22-16(21)14-9-11(2)7-8-15(14)20-17(23)19-13-6-4-5-12(18)10-13/h4-10H,3H2,1-2H3,(H2,19,20,23). The summed E-state index contributed by atoms with van der Waals surface area (Å²) in [5, 5.41) is 7.02. The van der Waals surface area contributed by atoms with Crippen molar-refractivity contribution >= 4 is 46.3 Å². The van der Waals surface area contributed by atoms with Gasteiger partial charge in [0.25, 0.3) is 0 Å². The number of aryl methyl sites for hydroxylation is 1. The molecule has 0 saturated carbocycles. The molecule has 120 valence electrons. The van der Waals surface area contributed by atoms with Gasteiger partial charge >= 0.3 is 5.97 Å². The highest BCUT2D eigenvalue weighted by Gasteiger charge is 2.13. The van der Waals surface area contributed by atoms with Crippen molar-refractivity contribution in [3.63, 3.8) is 0 Å². The maximum Gasteiger partial charge on any atom is 0.340 e. The molecule has 0 spiro atoms. The highest BCUT2D eigenvalue weighted by atomic mass is 35.5. The third kappa shape index (κ3) is 4.94. The van der Waals surface area contributed by atoms with E-state index in [2.05, 4.69) is 10.6 Å². The lowest BCUT2D eigenvalue weighted by molar-refractivity contribution is 0.0527. The molecule has 0 amide bonds. The van der Waals surface area contributed by atoms with Gasteiger partial charge in [-0.1, -0.05) is 29.3 Å². The number of hydrogen-bond acceptors (Lipinski definition) is 3. The normalized spacial score (nSPS) is 10.0. The fourth-order valence-corrected chi connectivity index (χ4v) is 2.41. The predicted octanol–water partition coefficient (Wildman–Crippen LogP) is 4.63. The molecule has 0 atom stereocenters. The van der Waals surface area contributed by atoms with Gasteiger partial charge in [-0.25, -0.2) is 4.79 Å². The summed E-state index contributed by atoms with van der Waals surface area (Å²) in [6.07, 6.45) is 0. The van der Waals surface area contributed by atoms with Crippen molar-refractivity contribution in [3.8, 4) is 0 Å². The van der Waals surface area contributed by atoms with Gasteiger partial charge < -0.3 is 15.4 Å². The molecule has 0 aromatic heterocycles. The van der Waals surface area contributed by atoms with E-state index in [1.165, 1.54) is 0 Å². The van der Waals surface area contributed by atoms with Crippen LogP contribution in [0.4, 0.5) is 11.4 Å². The monoisotopic (exact) mass is 348 g/mol. The van der Waals surface area contributed by atoms with E-state index in [0.717, 1.165) is 11.3 Å². The van der Waals surface area contributed by atoms with Crippen LogP contribution in [0.3, 0.4) is 0 Å². The van der Waals surface area contributed by atoms with Gasteiger partial charge in [0.1, 0.15) is 0 Å². The average Bonchev–Trinajstić information content (AvgIpc) is 2.49. The number of carbonyl (C=O) groups is 1. The van der Waals surface area contributed by atoms with Gasteiger partial charge in [0.05, 0.1) is 17.9 Å². The van der Waals surface area contributed by atoms with Gasteiger partial charge in [-0.05, 0) is 56.4 Å². The lowest BCUT2D eigenvalue weighted by atomic mass is 10.1. The summed E-state index contributed by atoms with van der Waals surface area (Å²) in [6.45, 7) is 4.00. The molecule has 23 heavy (non-hydrogen) atoms. The molecule has 0 heterocycles. The molecule has 0 radical (unpaired) electrons. The van der Waals surface area contributed by atoms with Crippen molar-refractivity contribution in [2.75, 3.05) is 17.2 Å². The Labute approximate surface area is 145 Å². The third-order valence-electron chi connectivity index (χ3n) is 3.00. The first-order chi connectivity index (χ1) is 11.0. The average molecular weight is 349 g/mol. The molecule has 0 unspecified atom stereocenters. The van der Waals surface area contributed by atoms with Crippen LogP contribution in [0.1, 0.15) is 22.8 Å². The Morgan fingerprint density at radius 2 is 2.00 bits per heavy atom. The van der Waals surface area contributed by atoms with Crippen molar-refractivity contribution in [2.24, 2.45) is 0 Å². The first-order valence-electron chi connectivity index (χ1n) is 7.11. The number of anilines is 2. The van der Waals surface area contributed by atoms with Crippen molar-refractivity contribution < 1.29 is 9.53 Å². The minimum atomic E-state index is -0.385. The zero-order chi connectivity index (χ0) is 16.8. The van der Waals surface area contributed by atoms with Crippen LogP contribution in [0.5, 0.6) is 0 Å². The lowest BCUT2D eigenvalue weighted by Crippen LogP contribution is -2.21. The molecule has 0 fully saturated rings. The van der Waals surface area contributed by atoms with E-state index < -0.39 is 0 Å². The van der Waals surface area contributed by atoms with Gasteiger partial charge in [-0.2, -0.15) is 0 Å². The molecular formula is C17H17ClN2O2S. The largest absolute Gasteiger partial charge is 0.462 e. The fourth-order valence-electron chi connectivity index (χ4n) is 2.00. The van der Waals surface area contributed by atoms with E-state index in [1.54, 1.807) is 31.2 Å². The minimum absolute atomic E-state index is 0.317. The fraction of sp³-hybridized carbons (Fsp3) is 0.176. The number of ether oxygens (including phenoxy) is 1. The van der Waals surface area contributed by atoms with Crippen LogP contribution in [0.25, 0.3) is 0 Å². The Morgan fingerprint density at radius 1 is 1.22 bits per heavy atom. The number of benzene rings is 2. The van der Waals surface area contributed by atoms with E-state index in [1.807, 2.05) is 25.1 Å². The van der Waals surface area contributed by atoms with E-state index in [4.69, 9.17) is 28.6 Å². The summed E-state index contributed by atoms with van der Waals surface area (Å²) >= 11 is 11.2. The predicted molar refractivity (Wildman–Crippen MR) is 98.4 cm³/mol. The van der Waals surface area contributed by atoms with Crippen LogP contribution >= 0.6 is 23.8 Å². The molecular weight excluding hydrogens is 332 g/mol. The Morgan fingerprint density at radius 3 is 2.70 bits per heavy atom. The summed E-state index contributed by atoms with van der Waals surface area (Å²) in [5.74, 6) is -0.385. The number of esters is 1. The van der Waals surface area contributed by atoms with E-state index in [0.29, 0.717) is 28.0 Å². The van der Waals surface area contributed by atoms with Gasteiger partial charge in [-0.15, -0.1) is 0 Å². The first kappa shape index (κ1) is 17.2. The first-order valence-corrected chi connectivity index (χ1v) is 7.89. The Balaban J connectivity index is 2.15. The minimum Gasteiger partial charge on any atom is -0.462 e. The molecule has 0 aliphatic rings. The molecule has 0 aliphatic heterocycles. The smallest absolute Gasteiger partial charge is 0.340 e. The van der Waals surface area contributed by atoms with Crippen LogP contribution in [0.2, 0.25) is 5.02 Å². The maximum absolute atomic E-state index is 12.1. The van der Waals surface area contributed by atoms with Crippen molar-refractivity contribution in [1.29, 1.82) is 0 Å².